The molecule has 5 nitrogen and oxygen atoms in total. The number of hydrogen-bond acceptors (Lipinski definition) is 5. The molecule has 0 fully saturated rings. The summed E-state index contributed by atoms with van der Waals surface area (Å²) in [6.07, 6.45) is 5.58. The second-order valence-electron chi connectivity index (χ2n) is 5.20. The molecule has 4 aromatic rings. The van der Waals surface area contributed by atoms with Crippen LogP contribution in [0.2, 0.25) is 0 Å². The third-order valence-electron chi connectivity index (χ3n) is 3.64. The highest BCUT2D eigenvalue weighted by Gasteiger charge is 2.09. The van der Waals surface area contributed by atoms with E-state index in [2.05, 4.69) is 14.4 Å². The quantitative estimate of drug-likeness (QED) is 0.509. The molecule has 0 N–H and O–H groups in total. The summed E-state index contributed by atoms with van der Waals surface area (Å²) >= 11 is 1.63. The van der Waals surface area contributed by atoms with Crippen molar-refractivity contribution in [2.75, 3.05) is 7.11 Å². The second-order valence-corrected chi connectivity index (χ2v) is 6.14. The molecule has 0 atom stereocenters. The molecule has 1 aromatic carbocycles. The van der Waals surface area contributed by atoms with Gasteiger partial charge in [0.2, 0.25) is 5.89 Å². The van der Waals surface area contributed by atoms with E-state index < -0.39 is 0 Å². The third kappa shape index (κ3) is 2.88. The van der Waals surface area contributed by atoms with Crippen molar-refractivity contribution in [3.8, 4) is 17.2 Å². The number of aromatic nitrogens is 3. The first kappa shape index (κ1) is 14.8. The molecule has 0 saturated heterocycles. The van der Waals surface area contributed by atoms with Gasteiger partial charge in [-0.05, 0) is 36.4 Å². The SMILES string of the molecule is COc1ccc(-c2nc(CSc3ncc4ccccn34)co2)cc1. The fourth-order valence-corrected chi connectivity index (χ4v) is 3.25. The van der Waals surface area contributed by atoms with Gasteiger partial charge in [0.25, 0.3) is 0 Å². The van der Waals surface area contributed by atoms with E-state index in [1.54, 1.807) is 25.1 Å². The van der Waals surface area contributed by atoms with Crippen molar-refractivity contribution in [1.29, 1.82) is 0 Å². The van der Waals surface area contributed by atoms with Gasteiger partial charge in [-0.15, -0.1) is 0 Å². The van der Waals surface area contributed by atoms with E-state index in [1.165, 1.54) is 0 Å². The Morgan fingerprint density at radius 3 is 2.88 bits per heavy atom. The summed E-state index contributed by atoms with van der Waals surface area (Å²) < 4.78 is 12.8. The molecule has 4 rings (SSSR count). The first-order valence-electron chi connectivity index (χ1n) is 7.47. The van der Waals surface area contributed by atoms with Gasteiger partial charge in [-0.3, -0.25) is 4.40 Å². The average molecular weight is 337 g/mol. The Bertz CT molecular complexity index is 960. The number of oxazole rings is 1. The molecular weight excluding hydrogens is 322 g/mol. The second kappa shape index (κ2) is 6.41. The van der Waals surface area contributed by atoms with Crippen LogP contribution < -0.4 is 4.74 Å². The molecule has 0 saturated carbocycles. The van der Waals surface area contributed by atoms with Gasteiger partial charge in [0.1, 0.15) is 12.0 Å². The van der Waals surface area contributed by atoms with Gasteiger partial charge < -0.3 is 9.15 Å². The minimum absolute atomic E-state index is 0.612. The highest BCUT2D eigenvalue weighted by Crippen LogP contribution is 2.26. The van der Waals surface area contributed by atoms with E-state index in [4.69, 9.17) is 9.15 Å². The average Bonchev–Trinajstić information content (AvgIpc) is 3.27. The summed E-state index contributed by atoms with van der Waals surface area (Å²) in [6.45, 7) is 0. The summed E-state index contributed by atoms with van der Waals surface area (Å²) in [6, 6.07) is 13.7. The number of rotatable bonds is 5. The van der Waals surface area contributed by atoms with Crippen LogP contribution in [-0.4, -0.2) is 21.5 Å². The number of pyridine rings is 1. The van der Waals surface area contributed by atoms with Crippen LogP contribution >= 0.6 is 11.8 Å². The lowest BCUT2D eigenvalue weighted by atomic mass is 10.2. The topological polar surface area (TPSA) is 52.6 Å². The number of methoxy groups -OCH3 is 1. The minimum Gasteiger partial charge on any atom is -0.497 e. The molecule has 0 radical (unpaired) electrons. The smallest absolute Gasteiger partial charge is 0.226 e. The lowest BCUT2D eigenvalue weighted by molar-refractivity contribution is 0.415. The van der Waals surface area contributed by atoms with Gasteiger partial charge >= 0.3 is 0 Å². The third-order valence-corrected chi connectivity index (χ3v) is 4.64. The molecular formula is C18H15N3O2S. The number of nitrogens with zero attached hydrogens (tertiary/aromatic N) is 3. The minimum atomic E-state index is 0.612. The Labute approximate surface area is 143 Å². The Morgan fingerprint density at radius 1 is 1.17 bits per heavy atom. The molecule has 3 heterocycles. The van der Waals surface area contributed by atoms with Crippen LogP contribution in [-0.2, 0) is 5.75 Å². The number of imidazole rings is 1. The lowest BCUT2D eigenvalue weighted by Gasteiger charge is -2.00. The molecule has 0 bridgehead atoms. The van der Waals surface area contributed by atoms with Crippen molar-refractivity contribution in [1.82, 2.24) is 14.4 Å². The van der Waals surface area contributed by atoms with Gasteiger partial charge in [-0.2, -0.15) is 0 Å². The predicted molar refractivity (Wildman–Crippen MR) is 93.2 cm³/mol. The van der Waals surface area contributed by atoms with Crippen LogP contribution in [0, 0.1) is 0 Å². The predicted octanol–water partition coefficient (Wildman–Crippen LogP) is 4.29. The number of fused-ring (bicyclic) bond motifs is 1. The number of benzene rings is 1. The molecule has 0 aliphatic heterocycles. The van der Waals surface area contributed by atoms with Crippen molar-refractivity contribution in [2.24, 2.45) is 0 Å². The number of hydrogen-bond donors (Lipinski definition) is 0. The zero-order valence-electron chi connectivity index (χ0n) is 13.0. The molecule has 0 amide bonds. The van der Waals surface area contributed by atoms with Crippen molar-refractivity contribution in [3.63, 3.8) is 0 Å². The van der Waals surface area contributed by atoms with E-state index >= 15 is 0 Å². The Morgan fingerprint density at radius 2 is 2.04 bits per heavy atom. The number of ether oxygens (including phenoxy) is 1. The molecule has 0 aliphatic carbocycles. The van der Waals surface area contributed by atoms with Crippen LogP contribution in [0.4, 0.5) is 0 Å². The molecule has 120 valence electrons. The summed E-state index contributed by atoms with van der Waals surface area (Å²) in [4.78, 5) is 9.00. The molecule has 0 spiro atoms. The summed E-state index contributed by atoms with van der Waals surface area (Å²) in [5.74, 6) is 2.13. The lowest BCUT2D eigenvalue weighted by Crippen LogP contribution is -1.88. The maximum Gasteiger partial charge on any atom is 0.226 e. The number of thioether (sulfide) groups is 1. The van der Waals surface area contributed by atoms with Crippen molar-refractivity contribution in [2.45, 2.75) is 10.9 Å². The van der Waals surface area contributed by atoms with Crippen LogP contribution in [0.5, 0.6) is 5.75 Å². The van der Waals surface area contributed by atoms with E-state index in [0.717, 1.165) is 27.7 Å². The van der Waals surface area contributed by atoms with E-state index in [0.29, 0.717) is 11.6 Å². The van der Waals surface area contributed by atoms with Gasteiger partial charge in [-0.25, -0.2) is 9.97 Å². The van der Waals surface area contributed by atoms with Gasteiger partial charge in [0, 0.05) is 17.5 Å². The van der Waals surface area contributed by atoms with Crippen molar-refractivity contribution >= 4 is 17.3 Å². The fraction of sp³-hybridized carbons (Fsp3) is 0.111. The molecule has 3 aromatic heterocycles. The first-order valence-corrected chi connectivity index (χ1v) is 8.46. The molecule has 0 aliphatic rings. The van der Waals surface area contributed by atoms with Crippen molar-refractivity contribution in [3.05, 3.63) is 66.8 Å². The highest BCUT2D eigenvalue weighted by atomic mass is 32.2. The maximum atomic E-state index is 5.59. The monoisotopic (exact) mass is 337 g/mol. The van der Waals surface area contributed by atoms with Gasteiger partial charge in [0.05, 0.1) is 24.5 Å². The van der Waals surface area contributed by atoms with E-state index in [9.17, 15) is 0 Å². The largest absolute Gasteiger partial charge is 0.497 e. The molecule has 0 unspecified atom stereocenters. The Balaban J connectivity index is 1.48. The zero-order valence-corrected chi connectivity index (χ0v) is 13.9. The van der Waals surface area contributed by atoms with Crippen LogP contribution in [0.3, 0.4) is 0 Å². The molecule has 6 heteroatoms. The normalized spacial score (nSPS) is 11.0. The van der Waals surface area contributed by atoms with E-state index in [-0.39, 0.29) is 0 Å². The van der Waals surface area contributed by atoms with Crippen molar-refractivity contribution < 1.29 is 9.15 Å². The Hall–Kier alpha value is -2.73. The zero-order chi connectivity index (χ0) is 16.4. The van der Waals surface area contributed by atoms with Gasteiger partial charge in [0.15, 0.2) is 5.16 Å². The standard InChI is InChI=1S/C18H15N3O2S/c1-22-16-7-5-13(6-8-16)17-20-14(11-23-17)12-24-18-19-10-15-4-2-3-9-21(15)18/h2-11H,12H2,1H3. The maximum absolute atomic E-state index is 5.59. The fourth-order valence-electron chi connectivity index (χ4n) is 2.40. The summed E-state index contributed by atoms with van der Waals surface area (Å²) in [5, 5.41) is 0.944. The van der Waals surface area contributed by atoms with Crippen LogP contribution in [0.15, 0.2) is 70.7 Å². The molecule has 24 heavy (non-hydrogen) atoms. The summed E-state index contributed by atoms with van der Waals surface area (Å²) in [7, 11) is 1.65. The van der Waals surface area contributed by atoms with Crippen LogP contribution in [0.1, 0.15) is 5.69 Å². The first-order chi connectivity index (χ1) is 11.8. The van der Waals surface area contributed by atoms with Crippen LogP contribution in [0.25, 0.3) is 17.0 Å². The van der Waals surface area contributed by atoms with E-state index in [1.807, 2.05) is 54.9 Å². The summed E-state index contributed by atoms with van der Waals surface area (Å²) in [5.41, 5.74) is 2.90. The Kier molecular flexibility index (Phi) is 3.96. The highest BCUT2D eigenvalue weighted by molar-refractivity contribution is 7.98. The van der Waals surface area contributed by atoms with Gasteiger partial charge in [-0.1, -0.05) is 17.8 Å².